The lowest BCUT2D eigenvalue weighted by atomic mass is 10.1. The van der Waals surface area contributed by atoms with Gasteiger partial charge in [-0.25, -0.2) is 18.5 Å². The van der Waals surface area contributed by atoms with Crippen molar-refractivity contribution in [3.63, 3.8) is 0 Å². The van der Waals surface area contributed by atoms with Crippen LogP contribution in [0.2, 0.25) is 0 Å². The molecule has 0 fully saturated rings. The van der Waals surface area contributed by atoms with Gasteiger partial charge in [0.05, 0.1) is 4.90 Å². The van der Waals surface area contributed by atoms with E-state index in [0.29, 0.717) is 0 Å². The van der Waals surface area contributed by atoms with Gasteiger partial charge in [-0.3, -0.25) is 0 Å². The topological polar surface area (TPSA) is 73.1 Å². The third-order valence-corrected chi connectivity index (χ3v) is 5.39. The molecule has 0 unspecified atom stereocenters. The summed E-state index contributed by atoms with van der Waals surface area (Å²) in [6, 6.07) is 8.85. The van der Waals surface area contributed by atoms with Gasteiger partial charge in [-0.05, 0) is 23.6 Å². The number of thiazole rings is 1. The molecular weight excluding hydrogens is 312 g/mol. The molecule has 0 spiro atoms. The smallest absolute Gasteiger partial charge is 0.238 e. The Morgan fingerprint density at radius 2 is 1.90 bits per heavy atom. The molecule has 0 radical (unpaired) electrons. The summed E-state index contributed by atoms with van der Waals surface area (Å²) in [6.45, 7) is 0. The summed E-state index contributed by atoms with van der Waals surface area (Å²) in [5.41, 5.74) is 1.75. The normalized spacial score (nSPS) is 11.7. The molecule has 2 N–H and O–H groups in total. The Morgan fingerprint density at radius 1 is 1.05 bits per heavy atom. The maximum absolute atomic E-state index is 11.5. The fourth-order valence-corrected chi connectivity index (χ4v) is 3.85. The van der Waals surface area contributed by atoms with Crippen LogP contribution in [0.5, 0.6) is 0 Å². The summed E-state index contributed by atoms with van der Waals surface area (Å²) in [7, 11) is -3.72. The Bertz CT molecular complexity index is 823. The number of rotatable bonds is 3. The zero-order valence-electron chi connectivity index (χ0n) is 10.2. The van der Waals surface area contributed by atoms with Gasteiger partial charge >= 0.3 is 0 Å². The van der Waals surface area contributed by atoms with Gasteiger partial charge in [-0.1, -0.05) is 12.1 Å². The first kappa shape index (κ1) is 13.4. The van der Waals surface area contributed by atoms with Gasteiger partial charge in [0.2, 0.25) is 10.0 Å². The number of nitrogens with zero attached hydrogens (tertiary/aromatic N) is 1. The van der Waals surface area contributed by atoms with Gasteiger partial charge in [0.15, 0.2) is 0 Å². The lowest BCUT2D eigenvalue weighted by Gasteiger charge is -2.08. The maximum atomic E-state index is 11.5. The number of sulfonamides is 1. The number of hydrogen-bond acceptors (Lipinski definition) is 5. The van der Waals surface area contributed by atoms with Gasteiger partial charge in [-0.15, -0.1) is 22.7 Å². The van der Waals surface area contributed by atoms with Crippen LogP contribution in [-0.2, 0) is 10.0 Å². The summed E-state index contributed by atoms with van der Waals surface area (Å²) in [4.78, 5) is 5.43. The number of benzene rings is 1. The molecule has 0 amide bonds. The first-order valence-corrected chi connectivity index (χ1v) is 8.97. The number of aromatic nitrogens is 1. The van der Waals surface area contributed by atoms with Crippen molar-refractivity contribution in [3.05, 3.63) is 47.3 Å². The Balaban J connectivity index is 2.26. The molecule has 0 aliphatic rings. The second-order valence-electron chi connectivity index (χ2n) is 4.07. The predicted molar refractivity (Wildman–Crippen MR) is 82.2 cm³/mol. The maximum Gasteiger partial charge on any atom is 0.238 e. The van der Waals surface area contributed by atoms with Crippen LogP contribution in [0.3, 0.4) is 0 Å². The molecule has 2 aromatic heterocycles. The first-order chi connectivity index (χ1) is 9.55. The highest BCUT2D eigenvalue weighted by atomic mass is 32.2. The number of thiophene rings is 1. The van der Waals surface area contributed by atoms with Crippen LogP contribution < -0.4 is 5.14 Å². The van der Waals surface area contributed by atoms with Gasteiger partial charge < -0.3 is 0 Å². The van der Waals surface area contributed by atoms with Crippen LogP contribution in [-0.4, -0.2) is 13.4 Å². The van der Waals surface area contributed by atoms with E-state index in [9.17, 15) is 8.42 Å². The summed E-state index contributed by atoms with van der Waals surface area (Å²) in [5.74, 6) is 0. The van der Waals surface area contributed by atoms with Crippen LogP contribution in [0.1, 0.15) is 0 Å². The largest absolute Gasteiger partial charge is 0.245 e. The standard InChI is InChI=1S/C13H10N2O2S3/c14-20(16,17)9-3-4-10(12-2-1-6-18-12)11(8-9)13-15-5-7-19-13/h1-8H,(H2,14,16,17). The van der Waals surface area contributed by atoms with Gasteiger partial charge in [0.1, 0.15) is 5.01 Å². The van der Waals surface area contributed by atoms with E-state index in [2.05, 4.69) is 4.98 Å². The molecule has 3 aromatic rings. The van der Waals surface area contributed by atoms with E-state index in [4.69, 9.17) is 5.14 Å². The SMILES string of the molecule is NS(=O)(=O)c1ccc(-c2cccs2)c(-c2nccs2)c1. The second-order valence-corrected chi connectivity index (χ2v) is 7.47. The molecule has 102 valence electrons. The van der Waals surface area contributed by atoms with E-state index in [1.54, 1.807) is 29.7 Å². The van der Waals surface area contributed by atoms with E-state index in [1.165, 1.54) is 17.4 Å². The highest BCUT2D eigenvalue weighted by Gasteiger charge is 2.15. The lowest BCUT2D eigenvalue weighted by molar-refractivity contribution is 0.598. The minimum Gasteiger partial charge on any atom is -0.245 e. The zero-order valence-corrected chi connectivity index (χ0v) is 12.6. The summed E-state index contributed by atoms with van der Waals surface area (Å²) in [5, 5.41) is 9.82. The van der Waals surface area contributed by atoms with Crippen molar-refractivity contribution in [2.45, 2.75) is 4.90 Å². The highest BCUT2D eigenvalue weighted by molar-refractivity contribution is 7.89. The summed E-state index contributed by atoms with van der Waals surface area (Å²) < 4.78 is 23.0. The monoisotopic (exact) mass is 322 g/mol. The highest BCUT2D eigenvalue weighted by Crippen LogP contribution is 2.36. The Morgan fingerprint density at radius 3 is 2.50 bits per heavy atom. The van der Waals surface area contributed by atoms with E-state index < -0.39 is 10.0 Å². The number of nitrogens with two attached hydrogens (primary N) is 1. The van der Waals surface area contributed by atoms with Crippen molar-refractivity contribution in [3.8, 4) is 21.0 Å². The molecule has 7 heteroatoms. The number of primary sulfonamides is 1. The van der Waals surface area contributed by atoms with Crippen molar-refractivity contribution in [2.24, 2.45) is 5.14 Å². The average molecular weight is 322 g/mol. The van der Waals surface area contributed by atoms with Crippen molar-refractivity contribution in [1.29, 1.82) is 0 Å². The molecule has 0 aliphatic carbocycles. The third-order valence-electron chi connectivity index (χ3n) is 2.77. The minimum absolute atomic E-state index is 0.100. The van der Waals surface area contributed by atoms with E-state index >= 15 is 0 Å². The minimum atomic E-state index is -3.72. The van der Waals surface area contributed by atoms with Crippen LogP contribution in [0.15, 0.2) is 52.2 Å². The summed E-state index contributed by atoms with van der Waals surface area (Å²) >= 11 is 3.06. The summed E-state index contributed by atoms with van der Waals surface area (Å²) in [6.07, 6.45) is 1.70. The van der Waals surface area contributed by atoms with E-state index in [-0.39, 0.29) is 4.90 Å². The molecule has 20 heavy (non-hydrogen) atoms. The van der Waals surface area contributed by atoms with E-state index in [0.717, 1.165) is 21.0 Å². The number of hydrogen-bond donors (Lipinski definition) is 1. The van der Waals surface area contributed by atoms with Gasteiger partial charge in [0.25, 0.3) is 0 Å². The van der Waals surface area contributed by atoms with Crippen LogP contribution in [0.4, 0.5) is 0 Å². The van der Waals surface area contributed by atoms with Crippen molar-refractivity contribution in [2.75, 3.05) is 0 Å². The zero-order chi connectivity index (χ0) is 14.2. The van der Waals surface area contributed by atoms with Gasteiger partial charge in [0, 0.05) is 27.6 Å². The lowest BCUT2D eigenvalue weighted by Crippen LogP contribution is -2.12. The van der Waals surface area contributed by atoms with Crippen molar-refractivity contribution >= 4 is 32.7 Å². The Hall–Kier alpha value is -1.54. The third kappa shape index (κ3) is 2.53. The molecule has 3 rings (SSSR count). The van der Waals surface area contributed by atoms with E-state index in [1.807, 2.05) is 22.9 Å². The molecule has 0 bridgehead atoms. The molecule has 0 saturated carbocycles. The van der Waals surface area contributed by atoms with Crippen molar-refractivity contribution < 1.29 is 8.42 Å². The quantitative estimate of drug-likeness (QED) is 0.805. The van der Waals surface area contributed by atoms with Crippen LogP contribution in [0, 0.1) is 0 Å². The van der Waals surface area contributed by atoms with Gasteiger partial charge in [-0.2, -0.15) is 0 Å². The molecule has 1 aromatic carbocycles. The molecule has 4 nitrogen and oxygen atoms in total. The molecule has 0 aliphatic heterocycles. The molecule has 0 saturated heterocycles. The fourth-order valence-electron chi connectivity index (χ4n) is 1.88. The second kappa shape index (κ2) is 5.10. The van der Waals surface area contributed by atoms with Crippen molar-refractivity contribution in [1.82, 2.24) is 4.98 Å². The molecular formula is C13H10N2O2S3. The van der Waals surface area contributed by atoms with Crippen LogP contribution in [0.25, 0.3) is 21.0 Å². The average Bonchev–Trinajstić information content (AvgIpc) is 3.10. The predicted octanol–water partition coefficient (Wildman–Crippen LogP) is 3.19. The Labute approximate surface area is 124 Å². The first-order valence-electron chi connectivity index (χ1n) is 5.66. The Kier molecular flexibility index (Phi) is 3.43. The fraction of sp³-hybridized carbons (Fsp3) is 0. The molecule has 0 atom stereocenters. The molecule has 2 heterocycles. The van der Waals surface area contributed by atoms with Crippen LogP contribution >= 0.6 is 22.7 Å².